The zero-order valence-corrected chi connectivity index (χ0v) is 14.0. The number of hydrogen-bond donors (Lipinski definition) is 1. The first-order valence-corrected chi connectivity index (χ1v) is 9.55. The molecule has 0 spiro atoms. The topological polar surface area (TPSA) is 63.4 Å². The standard InChI is InChI=1S/C16H26N2O2S/c1-4-16(5-2)9-11-18(12-10-16)13-7-6-8-14(15(13)17)21(3,19)20/h6-8H,4-5,9-12,17H2,1-3H3. The molecule has 1 aromatic carbocycles. The fraction of sp³-hybridized carbons (Fsp3) is 0.625. The predicted molar refractivity (Wildman–Crippen MR) is 88.4 cm³/mol. The number of nitrogen functional groups attached to an aromatic ring is 1. The Morgan fingerprint density at radius 3 is 2.24 bits per heavy atom. The second-order valence-corrected chi connectivity index (χ2v) is 8.14. The molecule has 0 aromatic heterocycles. The Balaban J connectivity index is 2.26. The van der Waals surface area contributed by atoms with Crippen LogP contribution in [0.15, 0.2) is 23.1 Å². The van der Waals surface area contributed by atoms with Gasteiger partial charge in [0.15, 0.2) is 9.84 Å². The van der Waals surface area contributed by atoms with Crippen LogP contribution in [-0.4, -0.2) is 27.8 Å². The van der Waals surface area contributed by atoms with Gasteiger partial charge in [0.25, 0.3) is 0 Å². The average Bonchev–Trinajstić information content (AvgIpc) is 2.46. The summed E-state index contributed by atoms with van der Waals surface area (Å²) in [6, 6.07) is 5.29. The van der Waals surface area contributed by atoms with E-state index in [9.17, 15) is 8.42 Å². The molecule has 4 nitrogen and oxygen atoms in total. The first-order valence-electron chi connectivity index (χ1n) is 7.66. The molecule has 0 radical (unpaired) electrons. The van der Waals surface area contributed by atoms with Gasteiger partial charge < -0.3 is 10.6 Å². The summed E-state index contributed by atoms with van der Waals surface area (Å²) < 4.78 is 23.6. The van der Waals surface area contributed by atoms with Gasteiger partial charge in [-0.1, -0.05) is 32.8 Å². The number of benzene rings is 1. The van der Waals surface area contributed by atoms with Crippen molar-refractivity contribution in [2.24, 2.45) is 5.41 Å². The summed E-state index contributed by atoms with van der Waals surface area (Å²) >= 11 is 0. The van der Waals surface area contributed by atoms with Gasteiger partial charge in [-0.15, -0.1) is 0 Å². The van der Waals surface area contributed by atoms with Gasteiger partial charge in [-0.05, 0) is 30.4 Å². The highest BCUT2D eigenvalue weighted by atomic mass is 32.2. The number of hydrogen-bond acceptors (Lipinski definition) is 4. The molecule has 0 amide bonds. The maximum atomic E-state index is 11.8. The van der Waals surface area contributed by atoms with E-state index in [1.807, 2.05) is 6.07 Å². The molecule has 2 N–H and O–H groups in total. The molecule has 21 heavy (non-hydrogen) atoms. The number of piperidine rings is 1. The summed E-state index contributed by atoms with van der Waals surface area (Å²) in [7, 11) is -3.28. The van der Waals surface area contributed by atoms with Crippen molar-refractivity contribution < 1.29 is 8.42 Å². The van der Waals surface area contributed by atoms with Gasteiger partial charge in [-0.25, -0.2) is 8.42 Å². The predicted octanol–water partition coefficient (Wildman–Crippen LogP) is 3.08. The van der Waals surface area contributed by atoms with Crippen molar-refractivity contribution in [1.29, 1.82) is 0 Å². The van der Waals surface area contributed by atoms with Crippen molar-refractivity contribution in [3.05, 3.63) is 18.2 Å². The molecule has 0 saturated carbocycles. The average molecular weight is 310 g/mol. The van der Waals surface area contributed by atoms with Crippen LogP contribution in [0.5, 0.6) is 0 Å². The van der Waals surface area contributed by atoms with Crippen LogP contribution in [0.4, 0.5) is 11.4 Å². The quantitative estimate of drug-likeness (QED) is 0.868. The monoisotopic (exact) mass is 310 g/mol. The van der Waals surface area contributed by atoms with Crippen LogP contribution in [0.2, 0.25) is 0 Å². The van der Waals surface area contributed by atoms with Gasteiger partial charge in [0, 0.05) is 19.3 Å². The fourth-order valence-corrected chi connectivity index (χ4v) is 4.14. The summed E-state index contributed by atoms with van der Waals surface area (Å²) in [6.45, 7) is 6.41. The maximum Gasteiger partial charge on any atom is 0.177 e. The lowest BCUT2D eigenvalue weighted by Crippen LogP contribution is -2.40. The zero-order valence-electron chi connectivity index (χ0n) is 13.2. The molecule has 5 heteroatoms. The van der Waals surface area contributed by atoms with Crippen LogP contribution in [-0.2, 0) is 9.84 Å². The first kappa shape index (κ1) is 16.1. The molecule has 2 rings (SSSR count). The number of nitrogens with zero attached hydrogens (tertiary/aromatic N) is 1. The van der Waals surface area contributed by atoms with Crippen LogP contribution < -0.4 is 10.6 Å². The number of para-hydroxylation sites is 1. The summed E-state index contributed by atoms with van der Waals surface area (Å²) in [4.78, 5) is 2.47. The molecule has 0 atom stereocenters. The Hall–Kier alpha value is -1.23. The molecule has 1 heterocycles. The van der Waals surface area contributed by atoms with Crippen molar-refractivity contribution in [2.45, 2.75) is 44.4 Å². The molecule has 1 aromatic rings. The Labute approximate surface area is 128 Å². The minimum Gasteiger partial charge on any atom is -0.396 e. The summed E-state index contributed by atoms with van der Waals surface area (Å²) in [6.07, 6.45) is 5.90. The third-order valence-electron chi connectivity index (χ3n) is 5.11. The van der Waals surface area contributed by atoms with Crippen LogP contribution in [0.3, 0.4) is 0 Å². The molecule has 1 aliphatic heterocycles. The molecular weight excluding hydrogens is 284 g/mol. The lowest BCUT2D eigenvalue weighted by Gasteiger charge is -2.42. The van der Waals surface area contributed by atoms with Crippen LogP contribution in [0, 0.1) is 5.41 Å². The van der Waals surface area contributed by atoms with Crippen molar-refractivity contribution >= 4 is 21.2 Å². The number of nitrogens with two attached hydrogens (primary N) is 1. The van der Waals surface area contributed by atoms with Crippen LogP contribution in [0.1, 0.15) is 39.5 Å². The Morgan fingerprint density at radius 1 is 1.19 bits per heavy atom. The van der Waals surface area contributed by atoms with Gasteiger partial charge in [0.2, 0.25) is 0 Å². The molecule has 1 saturated heterocycles. The summed E-state index contributed by atoms with van der Waals surface area (Å²) in [5.41, 5.74) is 7.81. The fourth-order valence-electron chi connectivity index (χ4n) is 3.31. The largest absolute Gasteiger partial charge is 0.396 e. The van der Waals surface area contributed by atoms with Gasteiger partial charge in [0.1, 0.15) is 0 Å². The van der Waals surface area contributed by atoms with Crippen molar-refractivity contribution in [2.75, 3.05) is 30.0 Å². The van der Waals surface area contributed by atoms with Gasteiger partial charge in [-0.3, -0.25) is 0 Å². The first-order chi connectivity index (χ1) is 9.83. The van der Waals surface area contributed by atoms with E-state index in [1.54, 1.807) is 12.1 Å². The van der Waals surface area contributed by atoms with E-state index < -0.39 is 9.84 Å². The summed E-state index contributed by atoms with van der Waals surface area (Å²) in [5, 5.41) is 0. The second kappa shape index (κ2) is 5.87. The van der Waals surface area contributed by atoms with Gasteiger partial charge in [-0.2, -0.15) is 0 Å². The second-order valence-electron chi connectivity index (χ2n) is 6.16. The van der Waals surface area contributed by atoms with E-state index in [4.69, 9.17) is 5.73 Å². The molecule has 0 aliphatic carbocycles. The molecule has 1 fully saturated rings. The molecule has 118 valence electrons. The molecule has 0 bridgehead atoms. The minimum absolute atomic E-state index is 0.239. The van der Waals surface area contributed by atoms with E-state index >= 15 is 0 Å². The van der Waals surface area contributed by atoms with Crippen molar-refractivity contribution in [3.63, 3.8) is 0 Å². The van der Waals surface area contributed by atoms with E-state index in [-0.39, 0.29) is 4.90 Å². The molecule has 0 unspecified atom stereocenters. The van der Waals surface area contributed by atoms with Crippen molar-refractivity contribution in [3.8, 4) is 0 Å². The van der Waals surface area contributed by atoms with Gasteiger partial charge >= 0.3 is 0 Å². The highest BCUT2D eigenvalue weighted by Gasteiger charge is 2.32. The van der Waals surface area contributed by atoms with Crippen LogP contribution in [0.25, 0.3) is 0 Å². The minimum atomic E-state index is -3.28. The van der Waals surface area contributed by atoms with E-state index in [0.717, 1.165) is 31.6 Å². The number of anilines is 2. The lowest BCUT2D eigenvalue weighted by molar-refractivity contribution is 0.199. The van der Waals surface area contributed by atoms with Crippen molar-refractivity contribution in [1.82, 2.24) is 0 Å². The summed E-state index contributed by atoms with van der Waals surface area (Å²) in [5.74, 6) is 0. The smallest absolute Gasteiger partial charge is 0.177 e. The lowest BCUT2D eigenvalue weighted by atomic mass is 9.74. The van der Waals surface area contributed by atoms with E-state index in [2.05, 4.69) is 18.7 Å². The molecule has 1 aliphatic rings. The maximum absolute atomic E-state index is 11.8. The third kappa shape index (κ3) is 3.18. The normalized spacial score (nSPS) is 18.7. The molecular formula is C16H26N2O2S. The number of rotatable bonds is 4. The highest BCUT2D eigenvalue weighted by molar-refractivity contribution is 7.90. The van der Waals surface area contributed by atoms with Gasteiger partial charge in [0.05, 0.1) is 16.3 Å². The third-order valence-corrected chi connectivity index (χ3v) is 6.26. The SMILES string of the molecule is CCC1(CC)CCN(c2cccc(S(C)(=O)=O)c2N)CC1. The Bertz CT molecular complexity index is 597. The van der Waals surface area contributed by atoms with Crippen LogP contribution >= 0.6 is 0 Å². The number of sulfone groups is 1. The zero-order chi connectivity index (χ0) is 15.7. The Morgan fingerprint density at radius 2 is 1.76 bits per heavy atom. The Kier molecular flexibility index (Phi) is 4.51. The highest BCUT2D eigenvalue weighted by Crippen LogP contribution is 2.40. The van der Waals surface area contributed by atoms with E-state index in [0.29, 0.717) is 11.1 Å². The van der Waals surface area contributed by atoms with E-state index in [1.165, 1.54) is 19.1 Å².